The van der Waals surface area contributed by atoms with E-state index >= 15 is 0 Å². The minimum absolute atomic E-state index is 0.130. The van der Waals surface area contributed by atoms with Crippen LogP contribution in [0.5, 0.6) is 5.75 Å². The molecule has 0 fully saturated rings. The molecule has 0 spiro atoms. The molecule has 0 aliphatic rings. The summed E-state index contributed by atoms with van der Waals surface area (Å²) in [5.74, 6) is -4.25. The molecule has 2 aromatic carbocycles. The van der Waals surface area contributed by atoms with Gasteiger partial charge in [0.2, 0.25) is 0 Å². The van der Waals surface area contributed by atoms with E-state index < -0.39 is 29.7 Å². The molecule has 0 saturated carbocycles. The van der Waals surface area contributed by atoms with Crippen LogP contribution in [0.15, 0.2) is 48.5 Å². The molecule has 7 nitrogen and oxygen atoms in total. The van der Waals surface area contributed by atoms with Gasteiger partial charge in [0.1, 0.15) is 5.75 Å². The largest absolute Gasteiger partial charge is 0.497 e. The van der Waals surface area contributed by atoms with Crippen LogP contribution in [0, 0.1) is 0 Å². The van der Waals surface area contributed by atoms with Crippen molar-refractivity contribution >= 4 is 17.9 Å². The fourth-order valence-corrected chi connectivity index (χ4v) is 2.80. The van der Waals surface area contributed by atoms with Crippen LogP contribution < -0.4 is 4.74 Å². The standard InChI is InChI=1S/C20H20O7/c1-26-15-9-7-13(8-10-15)17(19(23)24)11-16(18(21)22)12-3-5-14(6-4-12)20(25)27-2/h3-10,16-17H,11H2,1-2H3,(H,21,22)(H,23,24). The molecule has 2 N–H and O–H groups in total. The smallest absolute Gasteiger partial charge is 0.337 e. The molecule has 0 radical (unpaired) electrons. The lowest BCUT2D eigenvalue weighted by atomic mass is 9.85. The van der Waals surface area contributed by atoms with Crippen LogP contribution in [-0.2, 0) is 14.3 Å². The summed E-state index contributed by atoms with van der Waals surface area (Å²) in [6.45, 7) is 0. The summed E-state index contributed by atoms with van der Waals surface area (Å²) in [7, 11) is 2.75. The quantitative estimate of drug-likeness (QED) is 0.686. The van der Waals surface area contributed by atoms with Crippen molar-refractivity contribution in [1.29, 1.82) is 0 Å². The Kier molecular flexibility index (Phi) is 6.54. The Hall–Kier alpha value is -3.35. The van der Waals surface area contributed by atoms with E-state index in [1.54, 1.807) is 24.3 Å². The zero-order valence-corrected chi connectivity index (χ0v) is 14.9. The topological polar surface area (TPSA) is 110 Å². The summed E-state index contributed by atoms with van der Waals surface area (Å²) in [6, 6.07) is 12.4. The van der Waals surface area contributed by atoms with Gasteiger partial charge in [0.05, 0.1) is 31.6 Å². The number of esters is 1. The zero-order chi connectivity index (χ0) is 20.0. The normalized spacial score (nSPS) is 12.7. The molecule has 0 bridgehead atoms. The van der Waals surface area contributed by atoms with E-state index in [-0.39, 0.29) is 12.0 Å². The molecule has 27 heavy (non-hydrogen) atoms. The first-order chi connectivity index (χ1) is 12.9. The predicted molar refractivity (Wildman–Crippen MR) is 96.1 cm³/mol. The summed E-state index contributed by atoms with van der Waals surface area (Å²) in [5.41, 5.74) is 1.19. The minimum atomic E-state index is -1.14. The van der Waals surface area contributed by atoms with Gasteiger partial charge in [0.15, 0.2) is 0 Å². The van der Waals surface area contributed by atoms with E-state index in [0.717, 1.165) is 0 Å². The molecule has 0 aliphatic heterocycles. The highest BCUT2D eigenvalue weighted by atomic mass is 16.5. The van der Waals surface area contributed by atoms with E-state index in [2.05, 4.69) is 4.74 Å². The highest BCUT2D eigenvalue weighted by molar-refractivity contribution is 5.89. The Morgan fingerprint density at radius 3 is 1.63 bits per heavy atom. The molecular weight excluding hydrogens is 352 g/mol. The van der Waals surface area contributed by atoms with Gasteiger partial charge >= 0.3 is 17.9 Å². The molecule has 2 atom stereocenters. The van der Waals surface area contributed by atoms with Gasteiger partial charge < -0.3 is 19.7 Å². The van der Waals surface area contributed by atoms with E-state index in [4.69, 9.17) is 4.74 Å². The maximum absolute atomic E-state index is 11.8. The Labute approximate surface area is 156 Å². The first kappa shape index (κ1) is 20.0. The van der Waals surface area contributed by atoms with Gasteiger partial charge in [-0.2, -0.15) is 0 Å². The van der Waals surface area contributed by atoms with Gasteiger partial charge in [-0.05, 0) is 41.8 Å². The first-order valence-corrected chi connectivity index (χ1v) is 8.15. The van der Waals surface area contributed by atoms with Crippen molar-refractivity contribution in [1.82, 2.24) is 0 Å². The van der Waals surface area contributed by atoms with Crippen molar-refractivity contribution in [3.63, 3.8) is 0 Å². The Balaban J connectivity index is 2.29. The molecular formula is C20H20O7. The summed E-state index contributed by atoms with van der Waals surface area (Å²) >= 11 is 0. The summed E-state index contributed by atoms with van der Waals surface area (Å²) in [5, 5.41) is 19.2. The van der Waals surface area contributed by atoms with Gasteiger partial charge in [0, 0.05) is 0 Å². The third-order valence-corrected chi connectivity index (χ3v) is 4.32. The lowest BCUT2D eigenvalue weighted by molar-refractivity contribution is -0.141. The first-order valence-electron chi connectivity index (χ1n) is 8.15. The molecule has 0 saturated heterocycles. The lowest BCUT2D eigenvalue weighted by Gasteiger charge is -2.19. The van der Waals surface area contributed by atoms with Gasteiger partial charge in [-0.3, -0.25) is 9.59 Å². The average molecular weight is 372 g/mol. The van der Waals surface area contributed by atoms with Crippen LogP contribution in [0.3, 0.4) is 0 Å². The molecule has 2 aromatic rings. The van der Waals surface area contributed by atoms with Crippen LogP contribution in [0.4, 0.5) is 0 Å². The Morgan fingerprint density at radius 1 is 0.815 bits per heavy atom. The Bertz CT molecular complexity index is 809. The van der Waals surface area contributed by atoms with Gasteiger partial charge in [-0.25, -0.2) is 4.79 Å². The van der Waals surface area contributed by atoms with E-state index in [0.29, 0.717) is 16.9 Å². The predicted octanol–water partition coefficient (Wildman–Crippen LogP) is 2.91. The highest BCUT2D eigenvalue weighted by Gasteiger charge is 2.29. The second-order valence-electron chi connectivity index (χ2n) is 5.90. The van der Waals surface area contributed by atoms with Crippen LogP contribution in [-0.4, -0.2) is 42.3 Å². The highest BCUT2D eigenvalue weighted by Crippen LogP contribution is 2.31. The molecule has 7 heteroatoms. The summed E-state index contributed by atoms with van der Waals surface area (Å²) in [4.78, 5) is 35.0. The van der Waals surface area contributed by atoms with Crippen molar-refractivity contribution in [3.05, 3.63) is 65.2 Å². The van der Waals surface area contributed by atoms with Crippen molar-refractivity contribution in [2.24, 2.45) is 0 Å². The van der Waals surface area contributed by atoms with E-state index in [1.807, 2.05) is 0 Å². The minimum Gasteiger partial charge on any atom is -0.497 e. The van der Waals surface area contributed by atoms with Crippen LogP contribution in [0.25, 0.3) is 0 Å². The fourth-order valence-electron chi connectivity index (χ4n) is 2.80. The maximum atomic E-state index is 11.8. The van der Waals surface area contributed by atoms with Crippen LogP contribution >= 0.6 is 0 Å². The number of benzene rings is 2. The number of hydrogen-bond donors (Lipinski definition) is 2. The molecule has 0 aliphatic carbocycles. The monoisotopic (exact) mass is 372 g/mol. The van der Waals surface area contributed by atoms with E-state index in [9.17, 15) is 24.6 Å². The van der Waals surface area contributed by atoms with Crippen molar-refractivity contribution < 1.29 is 34.1 Å². The van der Waals surface area contributed by atoms with E-state index in [1.165, 1.54) is 38.5 Å². The third kappa shape index (κ3) is 4.84. The second kappa shape index (κ2) is 8.84. The molecule has 2 rings (SSSR count). The maximum Gasteiger partial charge on any atom is 0.337 e. The van der Waals surface area contributed by atoms with Crippen LogP contribution in [0.2, 0.25) is 0 Å². The number of ether oxygens (including phenoxy) is 2. The van der Waals surface area contributed by atoms with Gasteiger partial charge in [0.25, 0.3) is 0 Å². The number of rotatable bonds is 8. The molecule has 142 valence electrons. The number of carbonyl (C=O) groups excluding carboxylic acids is 1. The number of aliphatic carboxylic acids is 2. The van der Waals surface area contributed by atoms with Gasteiger partial charge in [-0.1, -0.05) is 24.3 Å². The molecule has 2 unspecified atom stereocenters. The SMILES string of the molecule is COC(=O)c1ccc(C(CC(C(=O)O)c2ccc(OC)cc2)C(=O)O)cc1. The number of hydrogen-bond acceptors (Lipinski definition) is 5. The lowest BCUT2D eigenvalue weighted by Crippen LogP contribution is -2.20. The average Bonchev–Trinajstić information content (AvgIpc) is 2.68. The summed E-state index contributed by atoms with van der Waals surface area (Å²) in [6.07, 6.45) is -0.130. The number of carboxylic acids is 2. The van der Waals surface area contributed by atoms with Crippen molar-refractivity contribution in [3.8, 4) is 5.75 Å². The number of carboxylic acid groups (broad SMARTS) is 2. The van der Waals surface area contributed by atoms with Crippen molar-refractivity contribution in [2.45, 2.75) is 18.3 Å². The fraction of sp³-hybridized carbons (Fsp3) is 0.250. The zero-order valence-electron chi connectivity index (χ0n) is 14.9. The Morgan fingerprint density at radius 2 is 1.26 bits per heavy atom. The second-order valence-corrected chi connectivity index (χ2v) is 5.90. The third-order valence-electron chi connectivity index (χ3n) is 4.32. The molecule has 0 heterocycles. The molecule has 0 amide bonds. The van der Waals surface area contributed by atoms with Gasteiger partial charge in [-0.15, -0.1) is 0 Å². The number of carbonyl (C=O) groups is 3. The number of methoxy groups -OCH3 is 2. The van der Waals surface area contributed by atoms with Crippen LogP contribution in [0.1, 0.15) is 39.7 Å². The van der Waals surface area contributed by atoms with Crippen molar-refractivity contribution in [2.75, 3.05) is 14.2 Å². The summed E-state index contributed by atoms with van der Waals surface area (Å²) < 4.78 is 9.67. The molecule has 0 aromatic heterocycles.